The number of allylic oxidation sites excluding steroid dienone is 7. The number of esters is 7. The van der Waals surface area contributed by atoms with Crippen molar-refractivity contribution in [1.29, 1.82) is 0 Å². The van der Waals surface area contributed by atoms with Crippen LogP contribution in [-0.2, 0) is 95.3 Å². The van der Waals surface area contributed by atoms with E-state index in [0.29, 0.717) is 43.3 Å². The summed E-state index contributed by atoms with van der Waals surface area (Å²) < 4.78 is 42.9. The van der Waals surface area contributed by atoms with Gasteiger partial charge < -0.3 is 78.1 Å². The lowest BCUT2D eigenvalue weighted by Crippen LogP contribution is -2.42. The third-order valence-corrected chi connectivity index (χ3v) is 14.2. The average Bonchev–Trinajstić information content (AvgIpc) is 0.879. The van der Waals surface area contributed by atoms with Gasteiger partial charge in [0.2, 0.25) is 5.78 Å². The van der Waals surface area contributed by atoms with Crippen LogP contribution in [0.25, 0.3) is 0 Å². The summed E-state index contributed by atoms with van der Waals surface area (Å²) in [7, 11) is 8.55. The number of Topliss-reactive ketones (excluding diaryl/α,β-unsaturated/α-hetero) is 2. The summed E-state index contributed by atoms with van der Waals surface area (Å²) in [6, 6.07) is 1.85. The number of carboxylic acids is 3. The summed E-state index contributed by atoms with van der Waals surface area (Å²) in [5.74, 6) is -5.85. The molecule has 29 heteroatoms. The third-order valence-electron chi connectivity index (χ3n) is 11.1. The first-order valence-electron chi connectivity index (χ1n) is 33.2. The highest BCUT2D eigenvalue weighted by atomic mass is 35.5. The molecule has 612 valence electrons. The molecule has 0 radical (unpaired) electrons. The summed E-state index contributed by atoms with van der Waals surface area (Å²) in [5, 5.41) is 44.5. The Hall–Kier alpha value is -7.68. The lowest BCUT2D eigenvalue weighted by atomic mass is 9.89. The second kappa shape index (κ2) is 102. The molecule has 2 aliphatic carbocycles. The number of aliphatic hydroxyl groups excluding tert-OH is 3. The molecule has 2 saturated carbocycles. The van der Waals surface area contributed by atoms with Crippen LogP contribution < -0.4 is 0 Å². The standard InChI is InChI=1S/C13H25N.C8H17O3P.C7H12O2.3C6H10O2.3C5H8O2.C4H6O2.C3H4O3.C3H6O.CH3Cl.3CH4O/c1-14(12-8-4-2-5-9-12)13-10-6-3-7-11-13;1-4-11-8(9)7-12(10,5-2)6-3;1-4-9-7(8)5-6(2)3;1-5(2)4-6(7)8-3;1-4-5(2)6(7)8-3;1-3-5-6(7)8-4-2;1-4(2)5(6)7-3;1-4(2)3-5(6)7;1-3-4-5(6)7-2;1-2-3-4(5)6;1-2(4)3(5)6;1-3(2)4;4*1-2/h12-13H,2-11H2,1H3;4-7H2,1-3H3;5H,4H2,1-3H3;2*4H,1-3H3;3,5H,4H2,1-2H3;1H2,2-3H3;3H,1-2H3,(H,6,7);3-4H,1-2H3;2-3H,1H3,(H,5,6);1H3,(H,5,6);1-2H3;1H3;3*2H,1H3/b;;;;5-4+;5-3+;;;4-3+;3-2+;;;;;;. The van der Waals surface area contributed by atoms with Gasteiger partial charge in [0, 0.05) is 94.3 Å². The van der Waals surface area contributed by atoms with E-state index >= 15 is 0 Å². The molecule has 0 atom stereocenters. The Bertz CT molecular complexity index is 2410. The molecule has 2 aliphatic rings. The Morgan fingerprint density at radius 2 is 0.769 bits per heavy atom. The van der Waals surface area contributed by atoms with E-state index in [1.165, 1.54) is 149 Å². The molecule has 0 saturated heterocycles. The zero-order valence-corrected chi connectivity index (χ0v) is 70.2. The minimum absolute atomic E-state index is 0.105. The highest BCUT2D eigenvalue weighted by molar-refractivity contribution is 7.64. The third kappa shape index (κ3) is 131. The minimum Gasteiger partial charge on any atom is -0.478 e. The van der Waals surface area contributed by atoms with E-state index in [1.54, 1.807) is 94.4 Å². The molecule has 6 N–H and O–H groups in total. The fourth-order valence-electron chi connectivity index (χ4n) is 6.25. The van der Waals surface area contributed by atoms with E-state index in [9.17, 15) is 62.1 Å². The summed E-state index contributed by atoms with van der Waals surface area (Å²) in [6.07, 6.45) is 31.9. The van der Waals surface area contributed by atoms with Gasteiger partial charge in [-0.3, -0.25) is 9.59 Å². The number of ketones is 2. The number of carboxylic acid groups (broad SMARTS) is 3. The summed E-state index contributed by atoms with van der Waals surface area (Å²) in [4.78, 5) is 123. The number of aliphatic hydroxyl groups is 3. The molecule has 2 rings (SSSR count). The van der Waals surface area contributed by atoms with E-state index < -0.39 is 30.8 Å². The van der Waals surface area contributed by atoms with Crippen LogP contribution in [0, 0.1) is 0 Å². The van der Waals surface area contributed by atoms with Gasteiger partial charge in [0.25, 0.3) is 0 Å². The van der Waals surface area contributed by atoms with Gasteiger partial charge in [-0.15, -0.1) is 11.6 Å². The molecule has 0 aromatic carbocycles. The average molecular weight is 1540 g/mol. The van der Waals surface area contributed by atoms with Crippen molar-refractivity contribution < 1.29 is 126 Å². The Balaban J connectivity index is -0.0000000710. The van der Waals surface area contributed by atoms with Gasteiger partial charge in [-0.2, -0.15) is 0 Å². The Morgan fingerprint density at radius 3 is 0.942 bits per heavy atom. The van der Waals surface area contributed by atoms with Crippen molar-refractivity contribution in [3.05, 3.63) is 95.2 Å². The largest absolute Gasteiger partial charge is 0.478 e. The summed E-state index contributed by atoms with van der Waals surface area (Å²) >= 11 is 4.64. The zero-order valence-electron chi connectivity index (χ0n) is 68.6. The molecule has 0 amide bonds. The molecular weight excluding hydrogens is 1400 g/mol. The minimum atomic E-state index is -2.24. The molecule has 27 nitrogen and oxygen atoms in total. The second-order valence-electron chi connectivity index (χ2n) is 20.8. The van der Waals surface area contributed by atoms with Crippen LogP contribution in [0.4, 0.5) is 0 Å². The smallest absolute Gasteiger partial charge is 0.371 e. The molecule has 2 fully saturated rings. The first-order chi connectivity index (χ1) is 48.6. The highest BCUT2D eigenvalue weighted by Crippen LogP contribution is 2.44. The number of aliphatic carboxylic acids is 3. The molecule has 0 spiro atoms. The number of halogens is 1. The normalized spacial score (nSPS) is 11.0. The number of alkyl halides is 1. The van der Waals surface area contributed by atoms with Crippen LogP contribution in [0.5, 0.6) is 0 Å². The van der Waals surface area contributed by atoms with Gasteiger partial charge in [-0.25, -0.2) is 43.2 Å². The van der Waals surface area contributed by atoms with Crippen LogP contribution in [0.2, 0.25) is 0 Å². The van der Waals surface area contributed by atoms with E-state index in [4.69, 9.17) is 35.4 Å². The van der Waals surface area contributed by atoms with Crippen LogP contribution >= 0.6 is 18.7 Å². The van der Waals surface area contributed by atoms with E-state index in [-0.39, 0.29) is 53.7 Å². The maximum absolute atomic E-state index is 11.7. The summed E-state index contributed by atoms with van der Waals surface area (Å²) in [5.41, 5.74) is 3.81. The first kappa shape index (κ1) is 129. The predicted octanol–water partition coefficient (Wildman–Crippen LogP) is 13.5. The molecule has 0 aliphatic heterocycles. The van der Waals surface area contributed by atoms with Crippen molar-refractivity contribution in [2.75, 3.05) is 102 Å². The van der Waals surface area contributed by atoms with Crippen LogP contribution in [-0.4, -0.2) is 220 Å². The molecule has 0 aromatic heterocycles. The van der Waals surface area contributed by atoms with E-state index in [2.05, 4.69) is 58.5 Å². The van der Waals surface area contributed by atoms with Gasteiger partial charge >= 0.3 is 59.7 Å². The van der Waals surface area contributed by atoms with Crippen LogP contribution in [0.15, 0.2) is 95.2 Å². The summed E-state index contributed by atoms with van der Waals surface area (Å²) in [6.45, 7) is 38.9. The van der Waals surface area contributed by atoms with Crippen LogP contribution in [0.1, 0.15) is 203 Å². The first-order valence-corrected chi connectivity index (χ1v) is 36.2. The topological polar surface area (TPSA) is 411 Å². The Morgan fingerprint density at radius 1 is 0.462 bits per heavy atom. The number of rotatable bonds is 18. The van der Waals surface area contributed by atoms with Gasteiger partial charge in [0.15, 0.2) is 0 Å². The SMILES string of the molecule is C/C=C(\C)C(=O)OC.C/C=C/C(=O)O.C/C=C/C(=O)OC.C/C=C/C(=O)OCC.C=C(C)C(=O)OC.CC(=O)C(=O)O.CC(C)=CC(=O)O.CC(C)=O.CCOC(=O)C=C(C)C.CCOC(=O)CP(=O)(CC)CC.CCl.CN(C1CCCCC1)C1CCCCC1.CO.CO.CO.COC(=O)C=C(C)C. The molecule has 0 heterocycles. The highest BCUT2D eigenvalue weighted by Gasteiger charge is 2.25. The quantitative estimate of drug-likeness (QED) is 0.0185. The van der Waals surface area contributed by atoms with Gasteiger partial charge in [0.1, 0.15) is 5.78 Å². The van der Waals surface area contributed by atoms with Crippen molar-refractivity contribution >= 4 is 90.0 Å². The number of carbonyl (C=O) groups excluding carboxylic acids is 9. The Labute approximate surface area is 629 Å². The number of methoxy groups -OCH3 is 4. The van der Waals surface area contributed by atoms with Crippen molar-refractivity contribution in [2.24, 2.45) is 0 Å². The van der Waals surface area contributed by atoms with E-state index in [1.807, 2.05) is 41.5 Å². The maximum Gasteiger partial charge on any atom is 0.371 e. The van der Waals surface area contributed by atoms with Crippen molar-refractivity contribution in [3.8, 4) is 0 Å². The molecular formula is C75H139ClNO26P. The molecule has 0 unspecified atom stereocenters. The molecule has 0 aromatic rings. The second-order valence-corrected chi connectivity index (χ2v) is 24.5. The van der Waals surface area contributed by atoms with E-state index in [0.717, 1.165) is 63.1 Å². The van der Waals surface area contributed by atoms with Gasteiger partial charge in [-0.05, 0) is 163 Å². The number of hydrogen-bond donors (Lipinski definition) is 6. The maximum atomic E-state index is 11.7. The van der Waals surface area contributed by atoms with Gasteiger partial charge in [0.05, 0.1) is 61.6 Å². The lowest BCUT2D eigenvalue weighted by Gasteiger charge is -2.39. The number of hydrogen-bond acceptors (Lipinski definition) is 24. The fraction of sp³-hybridized carbons (Fsp3) is 0.627. The number of nitrogens with zero attached hydrogens (tertiary/aromatic N) is 1. The number of ether oxygens (including phenoxy) is 7. The lowest BCUT2D eigenvalue weighted by molar-refractivity contribution is -0.148. The monoisotopic (exact) mass is 1540 g/mol. The Kier molecular flexibility index (Phi) is 126. The van der Waals surface area contributed by atoms with Crippen LogP contribution in [0.3, 0.4) is 0 Å². The van der Waals surface area contributed by atoms with Crippen molar-refractivity contribution in [3.63, 3.8) is 0 Å². The predicted molar refractivity (Wildman–Crippen MR) is 416 cm³/mol. The van der Waals surface area contributed by atoms with Gasteiger partial charge in [-0.1, -0.05) is 100.0 Å². The van der Waals surface area contributed by atoms with Crippen molar-refractivity contribution in [2.45, 2.75) is 215 Å². The molecule has 104 heavy (non-hydrogen) atoms. The zero-order chi connectivity index (χ0) is 85.4. The van der Waals surface area contributed by atoms with Crippen molar-refractivity contribution in [1.82, 2.24) is 4.90 Å². The molecule has 0 bridgehead atoms. The fourth-order valence-corrected chi connectivity index (χ4v) is 7.71. The number of carbonyl (C=O) groups is 12.